The molecule has 182 valence electrons. The minimum absolute atomic E-state index is 0.137. The smallest absolute Gasteiger partial charge is 0.268 e. The Morgan fingerprint density at radius 2 is 1.73 bits per heavy atom. The molecule has 2 rings (SSSR count). The summed E-state index contributed by atoms with van der Waals surface area (Å²) in [6.45, 7) is 15.1. The lowest BCUT2D eigenvalue weighted by atomic mass is 9.84. The number of ether oxygens (including phenoxy) is 2. The summed E-state index contributed by atoms with van der Waals surface area (Å²) in [5.74, 6) is 0.522. The van der Waals surface area contributed by atoms with Crippen LogP contribution < -0.4 is 10.2 Å². The maximum Gasteiger partial charge on any atom is 0.268 e. The molecule has 0 saturated carbocycles. The number of nitrogens with zero attached hydrogens (tertiary/aromatic N) is 1. The van der Waals surface area contributed by atoms with E-state index in [0.717, 1.165) is 23.1 Å². The lowest BCUT2D eigenvalue weighted by molar-refractivity contribution is -0.0146. The van der Waals surface area contributed by atoms with Crippen LogP contribution in [0.3, 0.4) is 0 Å². The van der Waals surface area contributed by atoms with Crippen LogP contribution in [-0.4, -0.2) is 42.4 Å². The van der Waals surface area contributed by atoms with Crippen molar-refractivity contribution in [1.29, 1.82) is 0 Å². The zero-order chi connectivity index (χ0) is 24.8. The first-order chi connectivity index (χ1) is 15.5. The average molecular weight is 457 g/mol. The molecule has 0 heterocycles. The number of hydrogen-bond donors (Lipinski definition) is 2. The summed E-state index contributed by atoms with van der Waals surface area (Å²) in [6.07, 6.45) is -0.346. The number of hydrogen-bond acceptors (Lipinski definition) is 5. The first kappa shape index (κ1) is 26.8. The fraction of sp³-hybridized carbons (Fsp3) is 0.519. The van der Waals surface area contributed by atoms with Crippen LogP contribution in [0.2, 0.25) is 0 Å². The molecule has 2 aromatic rings. The molecule has 6 nitrogen and oxygen atoms in total. The summed E-state index contributed by atoms with van der Waals surface area (Å²) in [4.78, 5) is 13.7. The summed E-state index contributed by atoms with van der Waals surface area (Å²) in [5.41, 5.74) is 7.05. The van der Waals surface area contributed by atoms with Crippen molar-refractivity contribution < 1.29 is 19.4 Å². The van der Waals surface area contributed by atoms with Gasteiger partial charge in [-0.25, -0.2) is 0 Å². The van der Waals surface area contributed by atoms with E-state index in [1.807, 2.05) is 57.2 Å². The van der Waals surface area contributed by atoms with Crippen molar-refractivity contribution in [2.75, 3.05) is 20.3 Å². The van der Waals surface area contributed by atoms with Gasteiger partial charge in [0.05, 0.1) is 12.6 Å². The molecule has 0 aliphatic rings. The predicted octanol–water partition coefficient (Wildman–Crippen LogP) is 5.10. The highest BCUT2D eigenvalue weighted by Crippen LogP contribution is 2.30. The molecule has 0 radical (unpaired) electrons. The fourth-order valence-electron chi connectivity index (χ4n) is 4.23. The highest BCUT2D eigenvalue weighted by Gasteiger charge is 2.34. The van der Waals surface area contributed by atoms with Crippen molar-refractivity contribution >= 4 is 5.91 Å². The summed E-state index contributed by atoms with van der Waals surface area (Å²) >= 11 is 0. The second kappa shape index (κ2) is 11.6. The van der Waals surface area contributed by atoms with Crippen molar-refractivity contribution in [3.8, 4) is 5.75 Å². The molecule has 0 bridgehead atoms. The Kier molecular flexibility index (Phi) is 9.46. The molecule has 1 amide bonds. The molecule has 0 aromatic heterocycles. The Morgan fingerprint density at radius 1 is 1.09 bits per heavy atom. The van der Waals surface area contributed by atoms with Gasteiger partial charge in [0.1, 0.15) is 18.6 Å². The maximum absolute atomic E-state index is 13.7. The van der Waals surface area contributed by atoms with Gasteiger partial charge in [-0.3, -0.25) is 9.80 Å². The van der Waals surface area contributed by atoms with Gasteiger partial charge in [-0.05, 0) is 56.4 Å². The number of amides is 1. The van der Waals surface area contributed by atoms with Gasteiger partial charge >= 0.3 is 0 Å². The second-order valence-corrected chi connectivity index (χ2v) is 9.68. The van der Waals surface area contributed by atoms with Gasteiger partial charge in [0.25, 0.3) is 5.91 Å². The van der Waals surface area contributed by atoms with Gasteiger partial charge in [-0.15, -0.1) is 0 Å². The number of aliphatic hydroxyl groups is 1. The molecular weight excluding hydrogens is 416 g/mol. The number of methoxy groups -OCH3 is 1. The van der Waals surface area contributed by atoms with Crippen LogP contribution >= 0.6 is 0 Å². The van der Waals surface area contributed by atoms with Crippen molar-refractivity contribution in [2.45, 2.75) is 67.2 Å². The molecule has 0 fully saturated rings. The van der Waals surface area contributed by atoms with Crippen LogP contribution in [-0.2, 0) is 4.74 Å². The minimum Gasteiger partial charge on any atom is -0.491 e. The van der Waals surface area contributed by atoms with E-state index >= 15 is 0 Å². The van der Waals surface area contributed by atoms with Gasteiger partial charge in [0, 0.05) is 18.2 Å². The molecule has 33 heavy (non-hydrogen) atoms. The Bertz CT molecular complexity index is 916. The highest BCUT2D eigenvalue weighted by atomic mass is 16.5. The van der Waals surface area contributed by atoms with Crippen LogP contribution in [0.1, 0.15) is 73.0 Å². The predicted molar refractivity (Wildman–Crippen MR) is 132 cm³/mol. The fourth-order valence-corrected chi connectivity index (χ4v) is 4.23. The van der Waals surface area contributed by atoms with Gasteiger partial charge < -0.3 is 14.6 Å². The number of rotatable bonds is 10. The third kappa shape index (κ3) is 7.03. The van der Waals surface area contributed by atoms with Gasteiger partial charge in [-0.2, -0.15) is 5.43 Å². The van der Waals surface area contributed by atoms with Gasteiger partial charge in [0.15, 0.2) is 0 Å². The Morgan fingerprint density at radius 3 is 2.27 bits per heavy atom. The van der Waals surface area contributed by atoms with E-state index in [4.69, 9.17) is 9.47 Å². The lowest BCUT2D eigenvalue weighted by Gasteiger charge is -2.41. The molecule has 2 atom stereocenters. The summed E-state index contributed by atoms with van der Waals surface area (Å²) < 4.78 is 10.9. The van der Waals surface area contributed by atoms with Crippen molar-refractivity contribution in [1.82, 2.24) is 10.4 Å². The number of hydrazine groups is 1. The van der Waals surface area contributed by atoms with E-state index in [-0.39, 0.29) is 17.4 Å². The number of benzene rings is 2. The summed E-state index contributed by atoms with van der Waals surface area (Å²) in [5, 5.41) is 12.8. The second-order valence-electron chi connectivity index (χ2n) is 9.68. The Balaban J connectivity index is 2.40. The summed E-state index contributed by atoms with van der Waals surface area (Å²) in [7, 11) is 1.63. The van der Waals surface area contributed by atoms with E-state index in [1.165, 1.54) is 0 Å². The van der Waals surface area contributed by atoms with Crippen molar-refractivity contribution in [2.24, 2.45) is 5.41 Å². The van der Waals surface area contributed by atoms with Crippen LogP contribution in [0, 0.1) is 26.2 Å². The van der Waals surface area contributed by atoms with E-state index in [0.29, 0.717) is 30.1 Å². The van der Waals surface area contributed by atoms with Crippen LogP contribution in [0.5, 0.6) is 5.75 Å². The molecule has 0 spiro atoms. The maximum atomic E-state index is 13.7. The van der Waals surface area contributed by atoms with E-state index < -0.39 is 6.23 Å². The highest BCUT2D eigenvalue weighted by molar-refractivity contribution is 5.94. The third-order valence-electron chi connectivity index (χ3n) is 5.81. The standard InChI is InChI=1S/C27H40N2O4/c1-9-24(27(5,6)7)29(26(31)21-16-18(2)15-19(3)17-21)28-25(30)22-11-10-12-23(20(22)4)33-14-13-32-8/h10-12,15-17,24-25,28,30H,9,13-14H2,1-8H3/t24-,25?/m1/s1. The monoisotopic (exact) mass is 456 g/mol. The quantitative estimate of drug-likeness (QED) is 0.296. The minimum atomic E-state index is -1.08. The molecule has 0 saturated heterocycles. The van der Waals surface area contributed by atoms with E-state index in [2.05, 4.69) is 33.1 Å². The largest absolute Gasteiger partial charge is 0.491 e. The summed E-state index contributed by atoms with van der Waals surface area (Å²) in [6, 6.07) is 11.2. The average Bonchev–Trinajstić information content (AvgIpc) is 2.72. The van der Waals surface area contributed by atoms with E-state index in [1.54, 1.807) is 12.1 Å². The van der Waals surface area contributed by atoms with Crippen LogP contribution in [0.4, 0.5) is 0 Å². The molecule has 0 aliphatic carbocycles. The number of carbonyl (C=O) groups is 1. The Hall–Kier alpha value is -2.41. The van der Waals surface area contributed by atoms with Gasteiger partial charge in [-0.1, -0.05) is 57.0 Å². The SMILES string of the molecule is CC[C@@H](N(NC(O)c1cccc(OCCOC)c1C)C(=O)c1cc(C)cc(C)c1)C(C)(C)C. The van der Waals surface area contributed by atoms with Crippen molar-refractivity contribution in [3.05, 3.63) is 64.2 Å². The first-order valence-corrected chi connectivity index (χ1v) is 11.6. The topological polar surface area (TPSA) is 71.0 Å². The number of carbonyl (C=O) groups excluding carboxylic acids is 1. The Labute approximate surface area is 198 Å². The van der Waals surface area contributed by atoms with Crippen LogP contribution in [0.15, 0.2) is 36.4 Å². The number of nitrogens with one attached hydrogen (secondary N) is 1. The molecule has 2 N–H and O–H groups in total. The zero-order valence-corrected chi connectivity index (χ0v) is 21.4. The third-order valence-corrected chi connectivity index (χ3v) is 5.81. The normalized spacial score (nSPS) is 13.5. The van der Waals surface area contributed by atoms with Gasteiger partial charge in [0.2, 0.25) is 0 Å². The first-order valence-electron chi connectivity index (χ1n) is 11.6. The number of aryl methyl sites for hydroxylation is 2. The van der Waals surface area contributed by atoms with Crippen LogP contribution in [0.25, 0.3) is 0 Å². The molecule has 0 aliphatic heterocycles. The molecule has 6 heteroatoms. The lowest BCUT2D eigenvalue weighted by Crippen LogP contribution is -2.55. The molecule has 1 unspecified atom stereocenters. The zero-order valence-electron chi connectivity index (χ0n) is 21.4. The molecule has 2 aromatic carbocycles. The molecular formula is C27H40N2O4. The van der Waals surface area contributed by atoms with Crippen molar-refractivity contribution in [3.63, 3.8) is 0 Å². The van der Waals surface area contributed by atoms with E-state index in [9.17, 15) is 9.90 Å². The number of aliphatic hydroxyl groups excluding tert-OH is 1.